The summed E-state index contributed by atoms with van der Waals surface area (Å²) >= 11 is 6.82. The first kappa shape index (κ1) is 19.5. The number of hydrogen-bond acceptors (Lipinski definition) is 4. The maximum atomic E-state index is 11.9. The molecule has 0 unspecified atom stereocenters. The molecule has 0 radical (unpaired) electrons. The number of carbonyl (C=O) groups is 1. The van der Waals surface area contributed by atoms with Gasteiger partial charge in [-0.15, -0.1) is 0 Å². The molecule has 0 heterocycles. The molecule has 0 aliphatic rings. The van der Waals surface area contributed by atoms with Gasteiger partial charge in [-0.05, 0) is 53.5 Å². The Hall–Kier alpha value is -1.86. The van der Waals surface area contributed by atoms with Crippen molar-refractivity contribution < 1.29 is 14.3 Å². The number of hydrazone groups is 1. The molecule has 0 aromatic heterocycles. The van der Waals surface area contributed by atoms with E-state index in [4.69, 9.17) is 9.47 Å². The van der Waals surface area contributed by atoms with Crippen molar-refractivity contribution in [1.82, 2.24) is 5.43 Å². The summed E-state index contributed by atoms with van der Waals surface area (Å²) in [5, 5.41) is 3.95. The first-order valence-electron chi connectivity index (χ1n) is 7.45. The van der Waals surface area contributed by atoms with Crippen molar-refractivity contribution in [1.29, 1.82) is 0 Å². The van der Waals surface area contributed by atoms with Crippen LogP contribution >= 0.6 is 31.9 Å². The topological polar surface area (TPSA) is 59.9 Å². The maximum absolute atomic E-state index is 11.9. The zero-order chi connectivity index (χ0) is 18.4. The minimum absolute atomic E-state index is 0.111. The van der Waals surface area contributed by atoms with Gasteiger partial charge >= 0.3 is 0 Å². The normalized spacial score (nSPS) is 10.8. The van der Waals surface area contributed by atoms with Gasteiger partial charge in [-0.1, -0.05) is 33.6 Å². The Morgan fingerprint density at radius 1 is 1.24 bits per heavy atom. The minimum atomic E-state index is -0.343. The summed E-state index contributed by atoms with van der Waals surface area (Å²) in [5.74, 6) is 0.972. The second-order valence-corrected chi connectivity index (χ2v) is 7.13. The number of nitrogens with zero attached hydrogens (tertiary/aromatic N) is 1. The van der Waals surface area contributed by atoms with E-state index >= 15 is 0 Å². The molecular weight excluding hydrogens is 452 g/mol. The van der Waals surface area contributed by atoms with Gasteiger partial charge in [0.25, 0.3) is 5.91 Å². The summed E-state index contributed by atoms with van der Waals surface area (Å²) in [7, 11) is 1.57. The summed E-state index contributed by atoms with van der Waals surface area (Å²) in [5.41, 5.74) is 5.30. The van der Waals surface area contributed by atoms with Crippen LogP contribution < -0.4 is 14.9 Å². The van der Waals surface area contributed by atoms with Crippen LogP contribution in [0.25, 0.3) is 0 Å². The SMILES string of the molecule is COc1c(Br)cc(Br)cc1/C=N\NC(=O)COc1ccc(C)cc1C. The molecule has 25 heavy (non-hydrogen) atoms. The van der Waals surface area contributed by atoms with E-state index in [1.54, 1.807) is 7.11 Å². The van der Waals surface area contributed by atoms with Crippen LogP contribution in [0.3, 0.4) is 0 Å². The quantitative estimate of drug-likeness (QED) is 0.504. The van der Waals surface area contributed by atoms with Crippen molar-refractivity contribution >= 4 is 44.0 Å². The number of carbonyl (C=O) groups excluding carboxylic acids is 1. The zero-order valence-corrected chi connectivity index (χ0v) is 17.3. The van der Waals surface area contributed by atoms with Crippen LogP contribution in [0.15, 0.2) is 44.4 Å². The fourth-order valence-electron chi connectivity index (χ4n) is 2.20. The number of methoxy groups -OCH3 is 1. The molecular formula is C18H18Br2N2O3. The van der Waals surface area contributed by atoms with Crippen LogP contribution in [-0.4, -0.2) is 25.8 Å². The van der Waals surface area contributed by atoms with Crippen molar-refractivity contribution in [3.63, 3.8) is 0 Å². The van der Waals surface area contributed by atoms with Crippen molar-refractivity contribution in [2.45, 2.75) is 13.8 Å². The molecule has 0 atom stereocenters. The summed E-state index contributed by atoms with van der Waals surface area (Å²) in [6.45, 7) is 3.84. The third-order valence-corrected chi connectivity index (χ3v) is 4.37. The number of hydrogen-bond donors (Lipinski definition) is 1. The van der Waals surface area contributed by atoms with E-state index in [1.807, 2.05) is 44.2 Å². The molecule has 0 bridgehead atoms. The van der Waals surface area contributed by atoms with Crippen LogP contribution in [0.1, 0.15) is 16.7 Å². The van der Waals surface area contributed by atoms with Gasteiger partial charge in [-0.2, -0.15) is 5.10 Å². The molecule has 132 valence electrons. The Bertz CT molecular complexity index is 807. The Morgan fingerprint density at radius 3 is 2.68 bits per heavy atom. The largest absolute Gasteiger partial charge is 0.495 e. The lowest BCUT2D eigenvalue weighted by Gasteiger charge is -2.09. The standard InChI is InChI=1S/C18H18Br2N2O3/c1-11-4-5-16(12(2)6-11)25-10-17(23)22-21-9-13-7-14(19)8-15(20)18(13)24-3/h4-9H,10H2,1-3H3,(H,22,23)/b21-9-. The van der Waals surface area contributed by atoms with Gasteiger partial charge in [0, 0.05) is 10.0 Å². The number of amides is 1. The molecule has 2 aromatic rings. The fourth-order valence-corrected chi connectivity index (χ4v) is 3.62. The van der Waals surface area contributed by atoms with E-state index in [1.165, 1.54) is 6.21 Å². The Balaban J connectivity index is 1.95. The van der Waals surface area contributed by atoms with Gasteiger partial charge in [0.2, 0.25) is 0 Å². The molecule has 2 rings (SSSR count). The van der Waals surface area contributed by atoms with Crippen LogP contribution in [0, 0.1) is 13.8 Å². The second-order valence-electron chi connectivity index (χ2n) is 5.36. The molecule has 0 fully saturated rings. The lowest BCUT2D eigenvalue weighted by Crippen LogP contribution is -2.24. The van der Waals surface area contributed by atoms with Crippen molar-refractivity contribution in [3.8, 4) is 11.5 Å². The Labute approximate surface area is 163 Å². The van der Waals surface area contributed by atoms with Crippen LogP contribution in [0.5, 0.6) is 11.5 Å². The Kier molecular flexibility index (Phi) is 7.01. The van der Waals surface area contributed by atoms with Gasteiger partial charge < -0.3 is 9.47 Å². The number of halogens is 2. The predicted molar refractivity (Wildman–Crippen MR) is 106 cm³/mol. The van der Waals surface area contributed by atoms with Crippen LogP contribution in [-0.2, 0) is 4.79 Å². The highest BCUT2D eigenvalue weighted by Gasteiger charge is 2.08. The fraction of sp³-hybridized carbons (Fsp3) is 0.222. The van der Waals surface area contributed by atoms with Gasteiger partial charge in [0.1, 0.15) is 11.5 Å². The van der Waals surface area contributed by atoms with Crippen LogP contribution in [0.4, 0.5) is 0 Å². The van der Waals surface area contributed by atoms with Gasteiger partial charge in [0.15, 0.2) is 6.61 Å². The van der Waals surface area contributed by atoms with Crippen molar-refractivity contribution in [2.75, 3.05) is 13.7 Å². The number of benzene rings is 2. The molecule has 0 saturated heterocycles. The van der Waals surface area contributed by atoms with E-state index in [-0.39, 0.29) is 12.5 Å². The molecule has 2 aromatic carbocycles. The molecule has 1 N–H and O–H groups in total. The average molecular weight is 470 g/mol. The average Bonchev–Trinajstić information content (AvgIpc) is 2.53. The zero-order valence-electron chi connectivity index (χ0n) is 14.1. The first-order chi connectivity index (χ1) is 11.9. The summed E-state index contributed by atoms with van der Waals surface area (Å²) < 4.78 is 12.5. The van der Waals surface area contributed by atoms with Crippen LogP contribution in [0.2, 0.25) is 0 Å². The molecule has 0 spiro atoms. The summed E-state index contributed by atoms with van der Waals surface area (Å²) in [6.07, 6.45) is 1.52. The monoisotopic (exact) mass is 468 g/mol. The highest BCUT2D eigenvalue weighted by atomic mass is 79.9. The Morgan fingerprint density at radius 2 is 2.00 bits per heavy atom. The second kappa shape index (κ2) is 9.01. The minimum Gasteiger partial charge on any atom is -0.495 e. The molecule has 0 saturated carbocycles. The third-order valence-electron chi connectivity index (χ3n) is 3.32. The van der Waals surface area contributed by atoms with Gasteiger partial charge in [-0.3, -0.25) is 4.79 Å². The molecule has 0 aliphatic carbocycles. The first-order valence-corrected chi connectivity index (χ1v) is 9.04. The van der Waals surface area contributed by atoms with Gasteiger partial charge in [0.05, 0.1) is 17.8 Å². The smallest absolute Gasteiger partial charge is 0.277 e. The number of aryl methyl sites for hydroxylation is 2. The van der Waals surface area contributed by atoms with E-state index in [2.05, 4.69) is 42.4 Å². The number of rotatable bonds is 6. The summed E-state index contributed by atoms with van der Waals surface area (Å²) in [6, 6.07) is 9.50. The van der Waals surface area contributed by atoms with E-state index in [0.717, 1.165) is 25.6 Å². The predicted octanol–water partition coefficient (Wildman–Crippen LogP) is 4.37. The number of nitrogens with one attached hydrogen (secondary N) is 1. The van der Waals surface area contributed by atoms with E-state index < -0.39 is 0 Å². The summed E-state index contributed by atoms with van der Waals surface area (Å²) in [4.78, 5) is 11.9. The molecule has 1 amide bonds. The van der Waals surface area contributed by atoms with Crippen molar-refractivity contribution in [3.05, 3.63) is 56.0 Å². The van der Waals surface area contributed by atoms with E-state index in [0.29, 0.717) is 11.5 Å². The highest BCUT2D eigenvalue weighted by molar-refractivity contribution is 9.11. The highest BCUT2D eigenvalue weighted by Crippen LogP contribution is 2.31. The third kappa shape index (κ3) is 5.57. The maximum Gasteiger partial charge on any atom is 0.277 e. The van der Waals surface area contributed by atoms with E-state index in [9.17, 15) is 4.79 Å². The molecule has 5 nitrogen and oxygen atoms in total. The molecule has 7 heteroatoms. The lowest BCUT2D eigenvalue weighted by molar-refractivity contribution is -0.123. The lowest BCUT2D eigenvalue weighted by atomic mass is 10.1. The van der Waals surface area contributed by atoms with Crippen molar-refractivity contribution in [2.24, 2.45) is 5.10 Å². The van der Waals surface area contributed by atoms with Gasteiger partial charge in [-0.25, -0.2) is 5.43 Å². The molecule has 0 aliphatic heterocycles. The number of ether oxygens (including phenoxy) is 2.